The number of methoxy groups -OCH3 is 1. The second-order valence-corrected chi connectivity index (χ2v) is 9.46. The minimum atomic E-state index is -1.03. The number of carbonyl (C=O) groups excluding carboxylic acids is 2. The number of nitrogens with one attached hydrogen (secondary N) is 3. The highest BCUT2D eigenvalue weighted by Gasteiger charge is 2.36. The van der Waals surface area contributed by atoms with Gasteiger partial charge in [-0.25, -0.2) is 8.78 Å². The van der Waals surface area contributed by atoms with Crippen LogP contribution in [0.15, 0.2) is 94.7 Å². The van der Waals surface area contributed by atoms with Crippen LogP contribution in [0.2, 0.25) is 0 Å². The Kier molecular flexibility index (Phi) is 8.63. The fourth-order valence-electron chi connectivity index (χ4n) is 4.15. The number of ether oxygens (including phenoxy) is 1. The third kappa shape index (κ3) is 6.27. The molecule has 1 atom stereocenters. The summed E-state index contributed by atoms with van der Waals surface area (Å²) in [6, 6.07) is 20.2. The maximum atomic E-state index is 15.1. The van der Waals surface area contributed by atoms with Crippen molar-refractivity contribution in [3.05, 3.63) is 112 Å². The van der Waals surface area contributed by atoms with E-state index in [2.05, 4.69) is 22.0 Å². The molecular weight excluding hydrogens is 522 g/mol. The van der Waals surface area contributed by atoms with E-state index < -0.39 is 23.5 Å². The molecule has 39 heavy (non-hydrogen) atoms. The maximum Gasteiger partial charge on any atom is 0.254 e. The van der Waals surface area contributed by atoms with Crippen molar-refractivity contribution in [1.82, 2.24) is 5.32 Å². The first-order valence-corrected chi connectivity index (χ1v) is 12.8. The van der Waals surface area contributed by atoms with Crippen molar-refractivity contribution in [2.75, 3.05) is 23.5 Å². The van der Waals surface area contributed by atoms with Gasteiger partial charge in [0.2, 0.25) is 5.91 Å². The molecule has 1 aliphatic heterocycles. The fraction of sp³-hybridized carbons (Fsp3) is 0.138. The quantitative estimate of drug-likeness (QED) is 0.336. The zero-order valence-corrected chi connectivity index (χ0v) is 21.9. The van der Waals surface area contributed by atoms with Gasteiger partial charge in [-0.15, -0.1) is 0 Å². The molecule has 3 N–H and O–H groups in total. The van der Waals surface area contributed by atoms with Crippen LogP contribution in [-0.4, -0.2) is 24.7 Å². The summed E-state index contributed by atoms with van der Waals surface area (Å²) in [6.45, 7) is 1.65. The Morgan fingerprint density at radius 2 is 1.72 bits per heavy atom. The first-order valence-electron chi connectivity index (χ1n) is 11.8. The molecule has 0 bridgehead atoms. The lowest BCUT2D eigenvalue weighted by Gasteiger charge is -2.30. The summed E-state index contributed by atoms with van der Waals surface area (Å²) in [6.07, 6.45) is 0. The Hall–Kier alpha value is -4.62. The van der Waals surface area contributed by atoms with E-state index in [-0.39, 0.29) is 28.4 Å². The van der Waals surface area contributed by atoms with E-state index in [1.807, 2.05) is 0 Å². The topological polar surface area (TPSA) is 103 Å². The van der Waals surface area contributed by atoms with E-state index in [1.165, 1.54) is 49.6 Å². The van der Waals surface area contributed by atoms with Gasteiger partial charge >= 0.3 is 0 Å². The van der Waals surface area contributed by atoms with Gasteiger partial charge in [-0.05, 0) is 49.4 Å². The van der Waals surface area contributed by atoms with Gasteiger partial charge in [0.25, 0.3) is 5.91 Å². The summed E-state index contributed by atoms with van der Waals surface area (Å²) in [5.41, 5.74) is 1.63. The van der Waals surface area contributed by atoms with Crippen LogP contribution in [0.3, 0.4) is 0 Å². The average Bonchev–Trinajstić information content (AvgIpc) is 2.93. The van der Waals surface area contributed by atoms with Crippen molar-refractivity contribution >= 4 is 35.0 Å². The van der Waals surface area contributed by atoms with Crippen LogP contribution in [0.1, 0.15) is 18.4 Å². The molecule has 1 heterocycles. The van der Waals surface area contributed by atoms with Crippen LogP contribution in [0.5, 0.6) is 5.75 Å². The third-order valence-electron chi connectivity index (χ3n) is 5.94. The number of dihydropyridines is 1. The molecule has 0 aromatic heterocycles. The molecule has 1 aliphatic rings. The number of hydrogen-bond donors (Lipinski definition) is 3. The van der Waals surface area contributed by atoms with Gasteiger partial charge in [0.1, 0.15) is 17.4 Å². The zero-order valence-electron chi connectivity index (χ0n) is 21.0. The van der Waals surface area contributed by atoms with Gasteiger partial charge in [0.15, 0.2) is 0 Å². The monoisotopic (exact) mass is 546 g/mol. The summed E-state index contributed by atoms with van der Waals surface area (Å²) < 4.78 is 33.6. The number of nitrogens with zero attached hydrogens (tertiary/aromatic N) is 1. The van der Waals surface area contributed by atoms with Crippen molar-refractivity contribution in [2.45, 2.75) is 12.8 Å². The highest BCUT2D eigenvalue weighted by molar-refractivity contribution is 8.03. The minimum absolute atomic E-state index is 0.0924. The molecule has 0 aliphatic carbocycles. The maximum absolute atomic E-state index is 15.1. The lowest BCUT2D eigenvalue weighted by molar-refractivity contribution is -0.114. The molecule has 198 valence electrons. The van der Waals surface area contributed by atoms with E-state index in [4.69, 9.17) is 4.74 Å². The van der Waals surface area contributed by atoms with Crippen LogP contribution in [0.4, 0.5) is 20.2 Å². The number of benzene rings is 3. The molecule has 0 spiro atoms. The number of allylic oxidation sites excluding steroid dienone is 2. The Morgan fingerprint density at radius 1 is 1.03 bits per heavy atom. The van der Waals surface area contributed by atoms with E-state index in [1.54, 1.807) is 37.3 Å². The predicted octanol–water partition coefficient (Wildman–Crippen LogP) is 5.68. The predicted molar refractivity (Wildman–Crippen MR) is 147 cm³/mol. The molecule has 7 nitrogen and oxygen atoms in total. The SMILES string of the molecule is COc1ccccc1NC(=O)C1=C(C)NC(SCC(=O)Nc2ccc(F)cc2)=C(C#N)C1c1ccccc1F. The van der Waals surface area contributed by atoms with Crippen molar-refractivity contribution in [3.63, 3.8) is 0 Å². The van der Waals surface area contributed by atoms with E-state index in [9.17, 15) is 19.2 Å². The second-order valence-electron chi connectivity index (χ2n) is 8.47. The Balaban J connectivity index is 1.65. The molecule has 0 saturated heterocycles. The highest BCUT2D eigenvalue weighted by Crippen LogP contribution is 2.42. The van der Waals surface area contributed by atoms with E-state index in [0.29, 0.717) is 27.9 Å². The Labute approximate surface area is 228 Å². The molecule has 3 aromatic rings. The fourth-order valence-corrected chi connectivity index (χ4v) is 5.05. The first kappa shape index (κ1) is 27.4. The molecule has 4 rings (SSSR count). The van der Waals surface area contributed by atoms with Crippen molar-refractivity contribution in [1.29, 1.82) is 5.26 Å². The minimum Gasteiger partial charge on any atom is -0.495 e. The molecule has 0 radical (unpaired) electrons. The highest BCUT2D eigenvalue weighted by atomic mass is 32.2. The lowest BCUT2D eigenvalue weighted by Crippen LogP contribution is -2.31. The first-order chi connectivity index (χ1) is 18.8. The van der Waals surface area contributed by atoms with Gasteiger partial charge in [-0.3, -0.25) is 9.59 Å². The number of hydrogen-bond acceptors (Lipinski definition) is 6. The van der Waals surface area contributed by atoms with Gasteiger partial charge in [0, 0.05) is 22.5 Å². The third-order valence-corrected chi connectivity index (χ3v) is 6.96. The molecule has 0 fully saturated rings. The number of amides is 2. The Bertz CT molecular complexity index is 1510. The number of para-hydroxylation sites is 2. The summed E-state index contributed by atoms with van der Waals surface area (Å²) >= 11 is 1.04. The van der Waals surface area contributed by atoms with Crippen LogP contribution in [0.25, 0.3) is 0 Å². The standard InChI is InChI=1S/C29H24F2N4O3S/c1-17-26(28(37)35-23-9-5-6-10-24(23)38-2)27(20-7-3-4-8-22(20)31)21(15-32)29(33-17)39-16-25(36)34-19-13-11-18(30)12-14-19/h3-14,27,33H,16H2,1-2H3,(H,34,36)(H,35,37). The summed E-state index contributed by atoms with van der Waals surface area (Å²) in [5, 5.41) is 19.0. The van der Waals surface area contributed by atoms with Crippen molar-refractivity contribution in [3.8, 4) is 11.8 Å². The number of halogens is 2. The lowest BCUT2D eigenvalue weighted by atomic mass is 9.82. The number of nitriles is 1. The summed E-state index contributed by atoms with van der Waals surface area (Å²) in [4.78, 5) is 26.1. The molecule has 2 amide bonds. The normalized spacial score (nSPS) is 14.8. The number of thioether (sulfide) groups is 1. The molecule has 3 aromatic carbocycles. The number of anilines is 2. The molecular formula is C29H24F2N4O3S. The van der Waals surface area contributed by atoms with Crippen LogP contribution in [-0.2, 0) is 9.59 Å². The molecule has 10 heteroatoms. The van der Waals surface area contributed by atoms with Gasteiger partial charge in [-0.2, -0.15) is 5.26 Å². The average molecular weight is 547 g/mol. The van der Waals surface area contributed by atoms with Crippen molar-refractivity contribution in [2.24, 2.45) is 0 Å². The number of carbonyl (C=O) groups is 2. The van der Waals surface area contributed by atoms with E-state index in [0.717, 1.165) is 11.8 Å². The largest absolute Gasteiger partial charge is 0.495 e. The van der Waals surface area contributed by atoms with E-state index >= 15 is 4.39 Å². The van der Waals surface area contributed by atoms with Crippen LogP contribution >= 0.6 is 11.8 Å². The zero-order chi connectivity index (χ0) is 27.9. The number of rotatable bonds is 8. The van der Waals surface area contributed by atoms with Gasteiger partial charge in [0.05, 0.1) is 41.1 Å². The smallest absolute Gasteiger partial charge is 0.254 e. The van der Waals surface area contributed by atoms with Gasteiger partial charge in [-0.1, -0.05) is 42.1 Å². The van der Waals surface area contributed by atoms with Crippen LogP contribution < -0.4 is 20.7 Å². The molecule has 0 saturated carbocycles. The van der Waals surface area contributed by atoms with Crippen LogP contribution in [0, 0.1) is 23.0 Å². The molecule has 1 unspecified atom stereocenters. The Morgan fingerprint density at radius 3 is 2.41 bits per heavy atom. The second kappa shape index (κ2) is 12.3. The van der Waals surface area contributed by atoms with Crippen molar-refractivity contribution < 1.29 is 23.1 Å². The summed E-state index contributed by atoms with van der Waals surface area (Å²) in [5.74, 6) is -2.61. The van der Waals surface area contributed by atoms with Gasteiger partial charge < -0.3 is 20.7 Å². The summed E-state index contributed by atoms with van der Waals surface area (Å²) in [7, 11) is 1.48.